The molecule has 0 aliphatic carbocycles. The second-order valence-electron chi connectivity index (χ2n) is 4.95. The van der Waals surface area contributed by atoms with Gasteiger partial charge in [-0.2, -0.15) is 0 Å². The second-order valence-corrected chi connectivity index (χ2v) is 4.95. The first kappa shape index (κ1) is 12.0. The Morgan fingerprint density at radius 3 is 2.57 bits per heavy atom. The van der Waals surface area contributed by atoms with Crippen LogP contribution in [0.15, 0.2) is 0 Å². The third-order valence-corrected chi connectivity index (χ3v) is 4.01. The number of hydrogen-bond donors (Lipinski definition) is 1. The molecule has 14 heavy (non-hydrogen) atoms. The Labute approximate surface area is 89.1 Å². The van der Waals surface area contributed by atoms with Gasteiger partial charge in [-0.15, -0.1) is 0 Å². The number of rotatable bonds is 5. The highest BCUT2D eigenvalue weighted by Crippen LogP contribution is 2.30. The van der Waals surface area contributed by atoms with Crippen LogP contribution < -0.4 is 5.32 Å². The smallest absolute Gasteiger partial charge is 0.00614 e. The average Bonchev–Trinajstić information content (AvgIpc) is 2.65. The molecule has 84 valence electrons. The molecule has 1 aliphatic rings. The zero-order chi connectivity index (χ0) is 10.6. The molecule has 0 radical (unpaired) electrons. The third kappa shape index (κ3) is 2.71. The van der Waals surface area contributed by atoms with E-state index in [1.807, 2.05) is 0 Å². The molecule has 0 spiro atoms. The summed E-state index contributed by atoms with van der Waals surface area (Å²) >= 11 is 0. The van der Waals surface area contributed by atoms with Gasteiger partial charge in [-0.25, -0.2) is 0 Å². The van der Waals surface area contributed by atoms with E-state index in [2.05, 4.69) is 38.0 Å². The van der Waals surface area contributed by atoms with Gasteiger partial charge in [0.05, 0.1) is 0 Å². The van der Waals surface area contributed by atoms with E-state index in [1.165, 1.54) is 38.9 Å². The van der Waals surface area contributed by atoms with E-state index in [9.17, 15) is 0 Å². The molecule has 2 nitrogen and oxygen atoms in total. The number of hydrogen-bond acceptors (Lipinski definition) is 2. The van der Waals surface area contributed by atoms with Crippen LogP contribution in [0, 0.1) is 5.41 Å². The maximum Gasteiger partial charge on any atom is 0.00614 e. The van der Waals surface area contributed by atoms with E-state index < -0.39 is 0 Å². The van der Waals surface area contributed by atoms with Crippen LogP contribution in [0.1, 0.15) is 40.0 Å². The molecule has 2 atom stereocenters. The number of nitrogens with one attached hydrogen (secondary N) is 1. The average molecular weight is 198 g/mol. The molecule has 1 saturated heterocycles. The molecule has 0 aromatic rings. The molecular formula is C12H26N2. The molecular weight excluding hydrogens is 172 g/mol. The second kappa shape index (κ2) is 5.13. The van der Waals surface area contributed by atoms with E-state index >= 15 is 0 Å². The van der Waals surface area contributed by atoms with E-state index in [4.69, 9.17) is 0 Å². The Bertz CT molecular complexity index is 162. The Hall–Kier alpha value is -0.0800. The summed E-state index contributed by atoms with van der Waals surface area (Å²) in [4.78, 5) is 2.52. The minimum atomic E-state index is 0.554. The van der Waals surface area contributed by atoms with Crippen molar-refractivity contribution in [2.45, 2.75) is 46.1 Å². The molecule has 1 heterocycles. The summed E-state index contributed by atoms with van der Waals surface area (Å²) in [7, 11) is 2.27. The van der Waals surface area contributed by atoms with Gasteiger partial charge in [-0.3, -0.25) is 0 Å². The van der Waals surface area contributed by atoms with Crippen molar-refractivity contribution < 1.29 is 0 Å². The molecule has 0 saturated carbocycles. The van der Waals surface area contributed by atoms with Crippen molar-refractivity contribution in [2.75, 3.05) is 26.7 Å². The first-order chi connectivity index (χ1) is 6.63. The first-order valence-corrected chi connectivity index (χ1v) is 6.04. The van der Waals surface area contributed by atoms with Crippen LogP contribution in [0.4, 0.5) is 0 Å². The minimum absolute atomic E-state index is 0.554. The largest absolute Gasteiger partial charge is 0.316 e. The van der Waals surface area contributed by atoms with Gasteiger partial charge in [-0.1, -0.05) is 13.8 Å². The third-order valence-electron chi connectivity index (χ3n) is 4.01. The van der Waals surface area contributed by atoms with Gasteiger partial charge in [0.1, 0.15) is 0 Å². The highest BCUT2D eigenvalue weighted by molar-refractivity contribution is 4.89. The Morgan fingerprint density at radius 2 is 2.14 bits per heavy atom. The Morgan fingerprint density at radius 1 is 1.43 bits per heavy atom. The summed E-state index contributed by atoms with van der Waals surface area (Å²) in [5, 5.41) is 3.50. The van der Waals surface area contributed by atoms with Crippen molar-refractivity contribution in [3.05, 3.63) is 0 Å². The van der Waals surface area contributed by atoms with Crippen molar-refractivity contribution in [3.8, 4) is 0 Å². The van der Waals surface area contributed by atoms with Crippen molar-refractivity contribution in [1.29, 1.82) is 0 Å². The zero-order valence-corrected chi connectivity index (χ0v) is 10.3. The van der Waals surface area contributed by atoms with Gasteiger partial charge in [0.25, 0.3) is 0 Å². The van der Waals surface area contributed by atoms with Gasteiger partial charge >= 0.3 is 0 Å². The summed E-state index contributed by atoms with van der Waals surface area (Å²) in [6, 6.07) is 0.721. The van der Waals surface area contributed by atoms with Crippen LogP contribution >= 0.6 is 0 Å². The highest BCUT2D eigenvalue weighted by atomic mass is 15.1. The summed E-state index contributed by atoms with van der Waals surface area (Å²) in [6.45, 7) is 10.6. The van der Waals surface area contributed by atoms with Crippen LogP contribution in [-0.2, 0) is 0 Å². The molecule has 1 rings (SSSR count). The standard InChI is InChI=1S/C12H26N2/c1-5-11(3)14(4)10-12(6-2)7-8-13-9-12/h11,13H,5-10H2,1-4H3. The van der Waals surface area contributed by atoms with Gasteiger partial charge in [0, 0.05) is 19.1 Å². The summed E-state index contributed by atoms with van der Waals surface area (Å²) < 4.78 is 0. The van der Waals surface area contributed by atoms with Crippen LogP contribution in [0.5, 0.6) is 0 Å². The molecule has 1 aliphatic heterocycles. The lowest BCUT2D eigenvalue weighted by Crippen LogP contribution is -2.40. The lowest BCUT2D eigenvalue weighted by atomic mass is 9.83. The fourth-order valence-electron chi connectivity index (χ4n) is 2.34. The SMILES string of the molecule is CCC(C)N(C)CC1(CC)CCNC1. The van der Waals surface area contributed by atoms with Crippen molar-refractivity contribution in [2.24, 2.45) is 5.41 Å². The van der Waals surface area contributed by atoms with Crippen molar-refractivity contribution >= 4 is 0 Å². The quantitative estimate of drug-likeness (QED) is 0.728. The van der Waals surface area contributed by atoms with Crippen molar-refractivity contribution in [1.82, 2.24) is 10.2 Å². The maximum absolute atomic E-state index is 3.50. The lowest BCUT2D eigenvalue weighted by molar-refractivity contribution is 0.148. The normalized spacial score (nSPS) is 29.8. The van der Waals surface area contributed by atoms with Gasteiger partial charge in [0.15, 0.2) is 0 Å². The van der Waals surface area contributed by atoms with E-state index in [0.717, 1.165) is 6.04 Å². The maximum atomic E-state index is 3.50. The fourth-order valence-corrected chi connectivity index (χ4v) is 2.34. The van der Waals surface area contributed by atoms with Gasteiger partial charge in [-0.05, 0) is 45.2 Å². The van der Waals surface area contributed by atoms with E-state index in [-0.39, 0.29) is 0 Å². The van der Waals surface area contributed by atoms with Gasteiger partial charge in [0.2, 0.25) is 0 Å². The summed E-state index contributed by atoms with van der Waals surface area (Å²) in [5.74, 6) is 0. The predicted octanol–water partition coefficient (Wildman–Crippen LogP) is 2.11. The molecule has 1 N–H and O–H groups in total. The van der Waals surface area contributed by atoms with Crippen LogP contribution in [-0.4, -0.2) is 37.6 Å². The van der Waals surface area contributed by atoms with Crippen LogP contribution in [0.3, 0.4) is 0 Å². The lowest BCUT2D eigenvalue weighted by Gasteiger charge is -2.35. The van der Waals surface area contributed by atoms with Crippen molar-refractivity contribution in [3.63, 3.8) is 0 Å². The molecule has 0 amide bonds. The molecule has 2 heteroatoms. The molecule has 0 bridgehead atoms. The Kier molecular flexibility index (Phi) is 4.39. The minimum Gasteiger partial charge on any atom is -0.316 e. The van der Waals surface area contributed by atoms with E-state index in [1.54, 1.807) is 0 Å². The summed E-state index contributed by atoms with van der Waals surface area (Å²) in [5.41, 5.74) is 0.554. The first-order valence-electron chi connectivity index (χ1n) is 6.04. The Balaban J connectivity index is 2.47. The molecule has 0 aromatic carbocycles. The monoisotopic (exact) mass is 198 g/mol. The fraction of sp³-hybridized carbons (Fsp3) is 1.00. The number of nitrogens with zero attached hydrogens (tertiary/aromatic N) is 1. The molecule has 1 fully saturated rings. The summed E-state index contributed by atoms with van der Waals surface area (Å²) in [6.07, 6.45) is 3.91. The van der Waals surface area contributed by atoms with E-state index in [0.29, 0.717) is 5.41 Å². The predicted molar refractivity (Wildman–Crippen MR) is 62.6 cm³/mol. The molecule has 0 aromatic heterocycles. The molecule has 2 unspecified atom stereocenters. The van der Waals surface area contributed by atoms with Crippen LogP contribution in [0.25, 0.3) is 0 Å². The highest BCUT2D eigenvalue weighted by Gasteiger charge is 2.33. The zero-order valence-electron chi connectivity index (χ0n) is 10.3. The van der Waals surface area contributed by atoms with Gasteiger partial charge < -0.3 is 10.2 Å². The topological polar surface area (TPSA) is 15.3 Å². The van der Waals surface area contributed by atoms with Crippen LogP contribution in [0.2, 0.25) is 0 Å².